The van der Waals surface area contributed by atoms with Crippen LogP contribution in [0.1, 0.15) is 10.7 Å². The molecular formula is C15H21Cl2N3OS. The first kappa shape index (κ1) is 19.2. The number of thiazole rings is 1. The Labute approximate surface area is 147 Å². The summed E-state index contributed by atoms with van der Waals surface area (Å²) in [5.41, 5.74) is 1.16. The van der Waals surface area contributed by atoms with Gasteiger partial charge in [-0.05, 0) is 12.1 Å². The molecule has 1 aromatic heterocycles. The van der Waals surface area contributed by atoms with Crippen LogP contribution in [-0.2, 0) is 13.2 Å². The van der Waals surface area contributed by atoms with Crippen LogP contribution in [0.4, 0.5) is 0 Å². The summed E-state index contributed by atoms with van der Waals surface area (Å²) in [6.45, 7) is 5.86. The maximum Gasteiger partial charge on any atom is 0.140 e. The monoisotopic (exact) mass is 361 g/mol. The average molecular weight is 362 g/mol. The number of nitrogens with one attached hydrogen (secondary N) is 1. The van der Waals surface area contributed by atoms with Crippen LogP contribution in [0.15, 0.2) is 35.7 Å². The summed E-state index contributed by atoms with van der Waals surface area (Å²) >= 11 is 1.68. The molecule has 2 aromatic rings. The van der Waals surface area contributed by atoms with Gasteiger partial charge in [0.15, 0.2) is 0 Å². The van der Waals surface area contributed by atoms with Gasteiger partial charge in [-0.3, -0.25) is 4.90 Å². The number of benzene rings is 1. The quantitative estimate of drug-likeness (QED) is 0.888. The zero-order valence-electron chi connectivity index (χ0n) is 12.2. The molecule has 122 valence electrons. The third-order valence-corrected chi connectivity index (χ3v) is 4.17. The van der Waals surface area contributed by atoms with Crippen molar-refractivity contribution in [2.75, 3.05) is 26.2 Å². The summed E-state index contributed by atoms with van der Waals surface area (Å²) in [6, 6.07) is 9.88. The molecule has 1 aliphatic heterocycles. The van der Waals surface area contributed by atoms with Gasteiger partial charge in [-0.15, -0.1) is 36.2 Å². The lowest BCUT2D eigenvalue weighted by atomic mass is 10.3. The third kappa shape index (κ3) is 5.74. The second-order valence-electron chi connectivity index (χ2n) is 4.86. The Bertz CT molecular complexity index is 533. The van der Waals surface area contributed by atoms with Gasteiger partial charge in [0, 0.05) is 38.1 Å². The van der Waals surface area contributed by atoms with Crippen LogP contribution in [-0.4, -0.2) is 36.1 Å². The fraction of sp³-hybridized carbons (Fsp3) is 0.400. The van der Waals surface area contributed by atoms with E-state index in [1.807, 2.05) is 30.3 Å². The summed E-state index contributed by atoms with van der Waals surface area (Å²) in [4.78, 5) is 7.09. The van der Waals surface area contributed by atoms with E-state index in [-0.39, 0.29) is 24.8 Å². The fourth-order valence-electron chi connectivity index (χ4n) is 2.25. The van der Waals surface area contributed by atoms with E-state index in [9.17, 15) is 0 Å². The van der Waals surface area contributed by atoms with E-state index in [1.165, 1.54) is 0 Å². The number of halogens is 2. The zero-order valence-corrected chi connectivity index (χ0v) is 14.7. The molecule has 22 heavy (non-hydrogen) atoms. The van der Waals surface area contributed by atoms with Crippen molar-refractivity contribution in [3.05, 3.63) is 46.4 Å². The molecule has 0 atom stereocenters. The second-order valence-corrected chi connectivity index (χ2v) is 5.80. The van der Waals surface area contributed by atoms with Gasteiger partial charge in [0.05, 0.1) is 5.69 Å². The molecular weight excluding hydrogens is 341 g/mol. The smallest absolute Gasteiger partial charge is 0.140 e. The van der Waals surface area contributed by atoms with Gasteiger partial charge in [0.25, 0.3) is 0 Å². The van der Waals surface area contributed by atoms with Crippen LogP contribution in [0, 0.1) is 0 Å². The van der Waals surface area contributed by atoms with Gasteiger partial charge in [0.1, 0.15) is 17.4 Å². The average Bonchev–Trinajstić information content (AvgIpc) is 2.95. The van der Waals surface area contributed by atoms with E-state index in [0.29, 0.717) is 6.61 Å². The Hall–Kier alpha value is -0.850. The van der Waals surface area contributed by atoms with Crippen molar-refractivity contribution < 1.29 is 4.74 Å². The Balaban J connectivity index is 0.00000121. The summed E-state index contributed by atoms with van der Waals surface area (Å²) in [6.07, 6.45) is 0. The highest BCUT2D eigenvalue weighted by molar-refractivity contribution is 7.09. The summed E-state index contributed by atoms with van der Waals surface area (Å²) in [5.74, 6) is 0.895. The van der Waals surface area contributed by atoms with Crippen molar-refractivity contribution in [3.8, 4) is 5.75 Å². The summed E-state index contributed by atoms with van der Waals surface area (Å²) in [5, 5.41) is 6.55. The molecule has 7 heteroatoms. The summed E-state index contributed by atoms with van der Waals surface area (Å²) in [7, 11) is 0. The molecule has 1 N–H and O–H groups in total. The first-order valence-electron chi connectivity index (χ1n) is 6.94. The van der Waals surface area contributed by atoms with Crippen molar-refractivity contribution in [3.63, 3.8) is 0 Å². The largest absolute Gasteiger partial charge is 0.486 e. The van der Waals surface area contributed by atoms with E-state index in [4.69, 9.17) is 4.74 Å². The molecule has 2 heterocycles. The van der Waals surface area contributed by atoms with E-state index in [0.717, 1.165) is 49.2 Å². The van der Waals surface area contributed by atoms with Gasteiger partial charge >= 0.3 is 0 Å². The number of aromatic nitrogens is 1. The summed E-state index contributed by atoms with van der Waals surface area (Å²) < 4.78 is 5.72. The number of rotatable bonds is 5. The Kier molecular flexibility index (Phi) is 8.75. The topological polar surface area (TPSA) is 37.4 Å². The van der Waals surface area contributed by atoms with Crippen molar-refractivity contribution >= 4 is 36.2 Å². The molecule has 0 amide bonds. The van der Waals surface area contributed by atoms with Gasteiger partial charge in [0.2, 0.25) is 0 Å². The van der Waals surface area contributed by atoms with Gasteiger partial charge < -0.3 is 10.1 Å². The van der Waals surface area contributed by atoms with E-state index in [1.54, 1.807) is 11.3 Å². The first-order valence-corrected chi connectivity index (χ1v) is 7.82. The van der Waals surface area contributed by atoms with Gasteiger partial charge in [-0.2, -0.15) is 0 Å². The molecule has 0 bridgehead atoms. The molecule has 1 aromatic carbocycles. The lowest BCUT2D eigenvalue weighted by Gasteiger charge is -2.26. The van der Waals surface area contributed by atoms with Crippen LogP contribution < -0.4 is 10.1 Å². The zero-order chi connectivity index (χ0) is 13.6. The van der Waals surface area contributed by atoms with Crippen molar-refractivity contribution in [1.82, 2.24) is 15.2 Å². The normalized spacial score (nSPS) is 14.7. The predicted molar refractivity (Wildman–Crippen MR) is 95.5 cm³/mol. The van der Waals surface area contributed by atoms with E-state index in [2.05, 4.69) is 20.6 Å². The van der Waals surface area contributed by atoms with Gasteiger partial charge in [-0.1, -0.05) is 18.2 Å². The van der Waals surface area contributed by atoms with Gasteiger partial charge in [-0.25, -0.2) is 4.98 Å². The standard InChI is InChI=1S/C15H19N3OS.2ClH/c1-2-4-14(5-3-1)19-11-15-17-13(12-20-15)10-18-8-6-16-7-9-18;;/h1-5,12,16H,6-11H2;2*1H. The number of hydrogen-bond acceptors (Lipinski definition) is 5. The highest BCUT2D eigenvalue weighted by Crippen LogP contribution is 2.16. The number of nitrogens with zero attached hydrogens (tertiary/aromatic N) is 2. The molecule has 3 rings (SSSR count). The maximum absolute atomic E-state index is 5.72. The molecule has 1 aliphatic rings. The molecule has 4 nitrogen and oxygen atoms in total. The first-order chi connectivity index (χ1) is 9.90. The van der Waals surface area contributed by atoms with Crippen molar-refractivity contribution in [1.29, 1.82) is 0 Å². The molecule has 0 saturated carbocycles. The number of hydrogen-bond donors (Lipinski definition) is 1. The molecule has 0 unspecified atom stereocenters. The minimum atomic E-state index is 0. The van der Waals surface area contributed by atoms with E-state index >= 15 is 0 Å². The van der Waals surface area contributed by atoms with Crippen LogP contribution in [0.5, 0.6) is 5.75 Å². The second kappa shape index (κ2) is 10.0. The predicted octanol–water partition coefficient (Wildman–Crippen LogP) is 2.97. The molecule has 0 radical (unpaired) electrons. The van der Waals surface area contributed by atoms with Crippen molar-refractivity contribution in [2.45, 2.75) is 13.2 Å². The Morgan fingerprint density at radius 2 is 1.86 bits per heavy atom. The fourth-order valence-corrected chi connectivity index (χ4v) is 2.94. The Morgan fingerprint density at radius 3 is 2.59 bits per heavy atom. The number of para-hydroxylation sites is 1. The van der Waals surface area contributed by atoms with E-state index < -0.39 is 0 Å². The van der Waals surface area contributed by atoms with Crippen LogP contribution in [0.25, 0.3) is 0 Å². The lowest BCUT2D eigenvalue weighted by molar-refractivity contribution is 0.230. The van der Waals surface area contributed by atoms with Crippen molar-refractivity contribution in [2.24, 2.45) is 0 Å². The van der Waals surface area contributed by atoms with Crippen LogP contribution in [0.3, 0.4) is 0 Å². The SMILES string of the molecule is Cl.Cl.c1ccc(OCc2nc(CN3CCNCC3)cs2)cc1. The Morgan fingerprint density at radius 1 is 1.14 bits per heavy atom. The maximum atomic E-state index is 5.72. The number of ether oxygens (including phenoxy) is 1. The molecule has 1 fully saturated rings. The van der Waals surface area contributed by atoms with Crippen LogP contribution >= 0.6 is 36.2 Å². The molecule has 0 aliphatic carbocycles. The lowest BCUT2D eigenvalue weighted by Crippen LogP contribution is -2.42. The minimum Gasteiger partial charge on any atom is -0.486 e. The molecule has 0 spiro atoms. The molecule has 1 saturated heterocycles. The highest BCUT2D eigenvalue weighted by atomic mass is 35.5. The minimum absolute atomic E-state index is 0. The number of piperazine rings is 1. The highest BCUT2D eigenvalue weighted by Gasteiger charge is 2.12. The third-order valence-electron chi connectivity index (χ3n) is 3.30. The van der Waals surface area contributed by atoms with Crippen LogP contribution in [0.2, 0.25) is 0 Å².